The number of hydrogen-bond acceptors (Lipinski definition) is 6. The van der Waals surface area contributed by atoms with Crippen LogP contribution in [0.1, 0.15) is 29.1 Å². The van der Waals surface area contributed by atoms with Gasteiger partial charge in [0.15, 0.2) is 11.5 Å². The molecule has 0 radical (unpaired) electrons. The van der Waals surface area contributed by atoms with Gasteiger partial charge in [-0.3, -0.25) is 9.69 Å². The summed E-state index contributed by atoms with van der Waals surface area (Å²) in [7, 11) is 7.05. The number of carbonyl (C=O) groups is 1. The van der Waals surface area contributed by atoms with Crippen LogP contribution >= 0.6 is 11.3 Å². The smallest absolute Gasteiger partial charge is 0.237 e. The quantitative estimate of drug-likeness (QED) is 0.537. The molecule has 30 heavy (non-hydrogen) atoms. The summed E-state index contributed by atoms with van der Waals surface area (Å²) in [4.78, 5) is 21.4. The minimum atomic E-state index is -0.0777. The van der Waals surface area contributed by atoms with Crippen molar-refractivity contribution in [3.63, 3.8) is 0 Å². The van der Waals surface area contributed by atoms with Crippen LogP contribution in [-0.4, -0.2) is 55.6 Å². The molecule has 1 amide bonds. The molecular formula is C23H29N3O3S. The number of likely N-dealkylation sites (N-methyl/N-ethyl adjacent to an activating group) is 2. The molecule has 0 fully saturated rings. The van der Waals surface area contributed by atoms with E-state index in [1.807, 2.05) is 63.2 Å². The second-order valence-corrected chi connectivity index (χ2v) is 8.57. The van der Waals surface area contributed by atoms with Crippen molar-refractivity contribution < 1.29 is 14.3 Å². The van der Waals surface area contributed by atoms with Gasteiger partial charge in [-0.25, -0.2) is 4.98 Å². The standard InChI is InChI=1S/C23H29N3O3S/c1-15-11-19(28-5)20(29-6)12-17(15)13-25(3)14-22(27)26(4)16(2)23-24-18-9-7-8-10-21(18)30-23/h7-12,16H,13-14H2,1-6H3/t16-/m0/s1. The fraction of sp³-hybridized carbons (Fsp3) is 0.391. The number of rotatable bonds is 8. The first-order valence-electron chi connectivity index (χ1n) is 9.85. The molecule has 0 N–H and O–H groups in total. The van der Waals surface area contributed by atoms with Crippen molar-refractivity contribution in [1.29, 1.82) is 0 Å². The van der Waals surface area contributed by atoms with Crippen molar-refractivity contribution in [3.05, 3.63) is 52.5 Å². The fourth-order valence-electron chi connectivity index (χ4n) is 3.33. The second kappa shape index (κ2) is 9.45. The molecule has 160 valence electrons. The Labute approximate surface area is 182 Å². The van der Waals surface area contributed by atoms with Gasteiger partial charge in [-0.05, 0) is 56.3 Å². The van der Waals surface area contributed by atoms with E-state index in [4.69, 9.17) is 14.5 Å². The molecule has 0 spiro atoms. The number of benzene rings is 2. The first kappa shape index (κ1) is 22.1. The van der Waals surface area contributed by atoms with E-state index >= 15 is 0 Å². The second-order valence-electron chi connectivity index (χ2n) is 7.51. The monoisotopic (exact) mass is 427 g/mol. The Balaban J connectivity index is 1.66. The van der Waals surface area contributed by atoms with Crippen LogP contribution in [0, 0.1) is 6.92 Å². The van der Waals surface area contributed by atoms with E-state index in [-0.39, 0.29) is 11.9 Å². The average molecular weight is 428 g/mol. The summed E-state index contributed by atoms with van der Waals surface area (Å²) >= 11 is 1.64. The molecule has 0 aliphatic rings. The van der Waals surface area contributed by atoms with E-state index in [1.54, 1.807) is 30.5 Å². The van der Waals surface area contributed by atoms with Crippen LogP contribution < -0.4 is 9.47 Å². The van der Waals surface area contributed by atoms with Crippen LogP contribution in [0.15, 0.2) is 36.4 Å². The molecule has 0 aliphatic carbocycles. The summed E-state index contributed by atoms with van der Waals surface area (Å²) in [5.74, 6) is 1.46. The third kappa shape index (κ3) is 4.74. The Bertz CT molecular complexity index is 1000. The van der Waals surface area contributed by atoms with Crippen molar-refractivity contribution in [3.8, 4) is 11.5 Å². The van der Waals surface area contributed by atoms with Crippen molar-refractivity contribution in [1.82, 2.24) is 14.8 Å². The topological polar surface area (TPSA) is 54.9 Å². The van der Waals surface area contributed by atoms with E-state index in [9.17, 15) is 4.79 Å². The lowest BCUT2D eigenvalue weighted by atomic mass is 10.1. The molecule has 1 atom stereocenters. The van der Waals surface area contributed by atoms with Gasteiger partial charge >= 0.3 is 0 Å². The predicted molar refractivity (Wildman–Crippen MR) is 121 cm³/mol. The van der Waals surface area contributed by atoms with E-state index in [0.29, 0.717) is 24.6 Å². The normalized spacial score (nSPS) is 12.2. The van der Waals surface area contributed by atoms with Crippen LogP contribution in [-0.2, 0) is 11.3 Å². The van der Waals surface area contributed by atoms with Crippen molar-refractivity contribution >= 4 is 27.5 Å². The number of para-hydroxylation sites is 1. The molecule has 0 unspecified atom stereocenters. The van der Waals surface area contributed by atoms with Crippen LogP contribution in [0.25, 0.3) is 10.2 Å². The summed E-state index contributed by atoms with van der Waals surface area (Å²) in [6, 6.07) is 11.9. The predicted octanol–water partition coefficient (Wildman–Crippen LogP) is 4.27. The van der Waals surface area contributed by atoms with Crippen LogP contribution in [0.4, 0.5) is 0 Å². The van der Waals surface area contributed by atoms with Crippen molar-refractivity contribution in [2.45, 2.75) is 26.4 Å². The SMILES string of the molecule is COc1cc(C)c(CN(C)CC(=O)N(C)[C@@H](C)c2nc3ccccc3s2)cc1OC. The molecule has 0 saturated heterocycles. The van der Waals surface area contributed by atoms with Gasteiger partial charge in [0, 0.05) is 13.6 Å². The van der Waals surface area contributed by atoms with Crippen molar-refractivity contribution in [2.75, 3.05) is 34.9 Å². The van der Waals surface area contributed by atoms with E-state index in [0.717, 1.165) is 26.4 Å². The van der Waals surface area contributed by atoms with Gasteiger partial charge in [0.05, 0.1) is 37.0 Å². The Morgan fingerprint density at radius 2 is 1.80 bits per heavy atom. The zero-order valence-corrected chi connectivity index (χ0v) is 19.2. The molecule has 0 bridgehead atoms. The van der Waals surface area contributed by atoms with E-state index < -0.39 is 0 Å². The van der Waals surface area contributed by atoms with Gasteiger partial charge < -0.3 is 14.4 Å². The number of methoxy groups -OCH3 is 2. The summed E-state index contributed by atoms with van der Waals surface area (Å²) in [6.07, 6.45) is 0. The van der Waals surface area contributed by atoms with Crippen LogP contribution in [0.2, 0.25) is 0 Å². The Morgan fingerprint density at radius 1 is 1.13 bits per heavy atom. The number of aromatic nitrogens is 1. The van der Waals surface area contributed by atoms with Gasteiger partial charge in [0.25, 0.3) is 0 Å². The summed E-state index contributed by atoms with van der Waals surface area (Å²) < 4.78 is 11.9. The van der Waals surface area contributed by atoms with E-state index in [1.165, 1.54) is 0 Å². The highest BCUT2D eigenvalue weighted by atomic mass is 32.1. The number of fused-ring (bicyclic) bond motifs is 1. The minimum absolute atomic E-state index is 0.0578. The Hall–Kier alpha value is -2.64. The third-order valence-corrected chi connectivity index (χ3v) is 6.54. The maximum atomic E-state index is 12.9. The van der Waals surface area contributed by atoms with Crippen LogP contribution in [0.5, 0.6) is 11.5 Å². The number of ether oxygens (including phenoxy) is 2. The number of thiazole rings is 1. The Morgan fingerprint density at radius 3 is 2.47 bits per heavy atom. The average Bonchev–Trinajstić information content (AvgIpc) is 3.17. The first-order valence-corrected chi connectivity index (χ1v) is 10.7. The van der Waals surface area contributed by atoms with Gasteiger partial charge in [-0.2, -0.15) is 0 Å². The molecule has 2 aromatic carbocycles. The number of aryl methyl sites for hydroxylation is 1. The largest absolute Gasteiger partial charge is 0.493 e. The molecule has 6 nitrogen and oxygen atoms in total. The highest BCUT2D eigenvalue weighted by Crippen LogP contribution is 2.31. The molecular weight excluding hydrogens is 398 g/mol. The van der Waals surface area contributed by atoms with Gasteiger partial charge in [0.1, 0.15) is 5.01 Å². The first-order chi connectivity index (χ1) is 14.3. The zero-order chi connectivity index (χ0) is 21.8. The molecule has 1 aromatic heterocycles. The maximum absolute atomic E-state index is 12.9. The van der Waals surface area contributed by atoms with Gasteiger partial charge in [-0.1, -0.05) is 12.1 Å². The lowest BCUT2D eigenvalue weighted by Gasteiger charge is -2.26. The summed E-state index contributed by atoms with van der Waals surface area (Å²) in [6.45, 7) is 5.02. The number of hydrogen-bond donors (Lipinski definition) is 0. The molecule has 1 heterocycles. The molecule has 7 heteroatoms. The zero-order valence-electron chi connectivity index (χ0n) is 18.4. The molecule has 0 aliphatic heterocycles. The van der Waals surface area contributed by atoms with Gasteiger partial charge in [0.2, 0.25) is 5.91 Å². The molecule has 3 rings (SSSR count). The lowest BCUT2D eigenvalue weighted by Crippen LogP contribution is -2.37. The summed E-state index contributed by atoms with van der Waals surface area (Å²) in [5.41, 5.74) is 3.18. The highest BCUT2D eigenvalue weighted by Gasteiger charge is 2.22. The maximum Gasteiger partial charge on any atom is 0.237 e. The highest BCUT2D eigenvalue weighted by molar-refractivity contribution is 7.18. The van der Waals surface area contributed by atoms with E-state index in [2.05, 4.69) is 6.07 Å². The third-order valence-electron chi connectivity index (χ3n) is 5.33. The summed E-state index contributed by atoms with van der Waals surface area (Å²) in [5, 5.41) is 0.949. The fourth-order valence-corrected chi connectivity index (χ4v) is 4.40. The van der Waals surface area contributed by atoms with Crippen LogP contribution in [0.3, 0.4) is 0 Å². The minimum Gasteiger partial charge on any atom is -0.493 e. The lowest BCUT2D eigenvalue weighted by molar-refractivity contribution is -0.132. The number of nitrogens with zero attached hydrogens (tertiary/aromatic N) is 3. The molecule has 0 saturated carbocycles. The Kier molecular flexibility index (Phi) is 6.95. The number of carbonyl (C=O) groups excluding carboxylic acids is 1. The van der Waals surface area contributed by atoms with Crippen molar-refractivity contribution in [2.24, 2.45) is 0 Å². The van der Waals surface area contributed by atoms with Gasteiger partial charge in [-0.15, -0.1) is 11.3 Å². The molecule has 3 aromatic rings. The number of amides is 1.